The average molecular weight is 259 g/mol. The molecule has 3 heteroatoms. The van der Waals surface area contributed by atoms with E-state index >= 15 is 0 Å². The van der Waals surface area contributed by atoms with E-state index in [0.717, 1.165) is 19.3 Å². The summed E-state index contributed by atoms with van der Waals surface area (Å²) >= 11 is 0. The Morgan fingerprint density at radius 2 is 1.47 bits per heavy atom. The first-order valence-electron chi connectivity index (χ1n) is 6.99. The van der Waals surface area contributed by atoms with Crippen molar-refractivity contribution in [1.82, 2.24) is 4.90 Å². The van der Waals surface area contributed by atoms with Crippen molar-refractivity contribution < 1.29 is 9.59 Å². The largest absolute Gasteiger partial charge is 0.272 e. The van der Waals surface area contributed by atoms with E-state index in [-0.39, 0.29) is 17.9 Å². The van der Waals surface area contributed by atoms with Crippen molar-refractivity contribution in [3.63, 3.8) is 0 Å². The summed E-state index contributed by atoms with van der Waals surface area (Å²) in [6, 6.07) is 7.05. The van der Waals surface area contributed by atoms with Gasteiger partial charge in [-0.15, -0.1) is 0 Å². The van der Waals surface area contributed by atoms with Crippen molar-refractivity contribution in [2.75, 3.05) is 0 Å². The predicted octanol–water partition coefficient (Wildman–Crippen LogP) is 3.50. The minimum Gasteiger partial charge on any atom is -0.272 e. The maximum atomic E-state index is 12.3. The first-order chi connectivity index (χ1) is 9.02. The molecule has 2 amide bonds. The van der Waals surface area contributed by atoms with Gasteiger partial charge in [0.1, 0.15) is 0 Å². The first-order valence-corrected chi connectivity index (χ1v) is 6.99. The number of fused-ring (bicyclic) bond motifs is 1. The van der Waals surface area contributed by atoms with Crippen LogP contribution in [0.15, 0.2) is 24.3 Å². The number of rotatable bonds is 5. The lowest BCUT2D eigenvalue weighted by Crippen LogP contribution is -2.37. The van der Waals surface area contributed by atoms with Crippen molar-refractivity contribution in [2.24, 2.45) is 5.92 Å². The number of amides is 2. The molecule has 19 heavy (non-hydrogen) atoms. The Morgan fingerprint density at radius 3 is 1.95 bits per heavy atom. The number of nitrogens with zero attached hydrogens (tertiary/aromatic N) is 1. The van der Waals surface area contributed by atoms with E-state index in [0.29, 0.717) is 17.0 Å². The van der Waals surface area contributed by atoms with E-state index in [2.05, 4.69) is 13.8 Å². The second-order valence-corrected chi connectivity index (χ2v) is 5.70. The van der Waals surface area contributed by atoms with Gasteiger partial charge in [-0.2, -0.15) is 0 Å². The highest BCUT2D eigenvalue weighted by Crippen LogP contribution is 2.26. The maximum absolute atomic E-state index is 12.3. The quantitative estimate of drug-likeness (QED) is 0.759. The molecule has 1 atom stereocenters. The SMILES string of the molecule is CC(C)CCCC(C)N1C(=O)c2ccccc2C1=O. The van der Waals surface area contributed by atoms with Crippen LogP contribution in [-0.4, -0.2) is 22.8 Å². The average Bonchev–Trinajstić information content (AvgIpc) is 2.62. The fourth-order valence-electron chi connectivity index (χ4n) is 2.56. The molecule has 0 bridgehead atoms. The molecule has 1 aromatic rings. The highest BCUT2D eigenvalue weighted by Gasteiger charge is 2.37. The zero-order valence-electron chi connectivity index (χ0n) is 11.8. The Balaban J connectivity index is 2.07. The Kier molecular flexibility index (Phi) is 4.03. The van der Waals surface area contributed by atoms with Gasteiger partial charge in [-0.1, -0.05) is 38.8 Å². The molecule has 2 rings (SSSR count). The van der Waals surface area contributed by atoms with Gasteiger partial charge < -0.3 is 0 Å². The maximum Gasteiger partial charge on any atom is 0.261 e. The minimum absolute atomic E-state index is 0.0221. The van der Waals surface area contributed by atoms with E-state index in [1.165, 1.54) is 4.90 Å². The number of imide groups is 1. The molecular formula is C16H21NO2. The molecule has 1 aliphatic heterocycles. The Hall–Kier alpha value is -1.64. The summed E-state index contributed by atoms with van der Waals surface area (Å²) in [5.41, 5.74) is 1.09. The fourth-order valence-corrected chi connectivity index (χ4v) is 2.56. The normalized spacial score (nSPS) is 16.1. The lowest BCUT2D eigenvalue weighted by Gasteiger charge is -2.22. The summed E-state index contributed by atoms with van der Waals surface area (Å²) in [5, 5.41) is 0. The van der Waals surface area contributed by atoms with Gasteiger partial charge in [0.25, 0.3) is 11.8 Å². The molecule has 0 N–H and O–H groups in total. The van der Waals surface area contributed by atoms with Crippen LogP contribution in [-0.2, 0) is 0 Å². The smallest absolute Gasteiger partial charge is 0.261 e. The van der Waals surface area contributed by atoms with Crippen LogP contribution >= 0.6 is 0 Å². The lowest BCUT2D eigenvalue weighted by molar-refractivity contribution is 0.0587. The summed E-state index contributed by atoms with van der Waals surface area (Å²) in [4.78, 5) is 25.9. The van der Waals surface area contributed by atoms with Crippen LogP contribution in [0, 0.1) is 5.92 Å². The van der Waals surface area contributed by atoms with Crippen molar-refractivity contribution in [1.29, 1.82) is 0 Å². The summed E-state index contributed by atoms with van der Waals surface area (Å²) in [6.07, 6.45) is 3.06. The highest BCUT2D eigenvalue weighted by atomic mass is 16.2. The molecule has 0 saturated heterocycles. The summed E-state index contributed by atoms with van der Waals surface area (Å²) in [7, 11) is 0. The number of carbonyl (C=O) groups excluding carboxylic acids is 2. The number of carbonyl (C=O) groups is 2. The molecule has 0 fully saturated rings. The third-order valence-corrected chi connectivity index (χ3v) is 3.67. The van der Waals surface area contributed by atoms with E-state index < -0.39 is 0 Å². The molecule has 1 aliphatic rings. The zero-order chi connectivity index (χ0) is 14.0. The number of hydrogen-bond donors (Lipinski definition) is 0. The molecule has 0 aromatic heterocycles. The van der Waals surface area contributed by atoms with Crippen molar-refractivity contribution in [2.45, 2.75) is 46.1 Å². The first kappa shape index (κ1) is 13.8. The van der Waals surface area contributed by atoms with E-state index in [4.69, 9.17) is 0 Å². The number of benzene rings is 1. The van der Waals surface area contributed by atoms with Crippen molar-refractivity contribution in [3.8, 4) is 0 Å². The molecule has 102 valence electrons. The lowest BCUT2D eigenvalue weighted by atomic mass is 10.0. The van der Waals surface area contributed by atoms with Gasteiger partial charge in [0.15, 0.2) is 0 Å². The van der Waals surface area contributed by atoms with Crippen LogP contribution in [0.25, 0.3) is 0 Å². The van der Waals surface area contributed by atoms with Gasteiger partial charge in [0, 0.05) is 6.04 Å². The summed E-state index contributed by atoms with van der Waals surface area (Å²) < 4.78 is 0. The molecule has 0 aliphatic carbocycles. The Labute approximate surface area is 114 Å². The van der Waals surface area contributed by atoms with Gasteiger partial charge in [-0.25, -0.2) is 0 Å². The second-order valence-electron chi connectivity index (χ2n) is 5.70. The van der Waals surface area contributed by atoms with E-state index in [1.807, 2.05) is 6.92 Å². The number of hydrogen-bond acceptors (Lipinski definition) is 2. The summed E-state index contributed by atoms with van der Waals surface area (Å²) in [5.74, 6) is 0.379. The molecular weight excluding hydrogens is 238 g/mol. The van der Waals surface area contributed by atoms with Gasteiger partial charge >= 0.3 is 0 Å². The third-order valence-electron chi connectivity index (χ3n) is 3.67. The molecule has 0 saturated carbocycles. The Morgan fingerprint density at radius 1 is 0.947 bits per heavy atom. The van der Waals surface area contributed by atoms with Crippen LogP contribution in [0.1, 0.15) is 60.7 Å². The predicted molar refractivity (Wildman–Crippen MR) is 75.1 cm³/mol. The standard InChI is InChI=1S/C16H21NO2/c1-11(2)7-6-8-12(3)17-15(18)13-9-4-5-10-14(13)16(17)19/h4-5,9-12H,6-8H2,1-3H3. The van der Waals surface area contributed by atoms with E-state index in [9.17, 15) is 9.59 Å². The Bertz CT molecular complexity index is 458. The second kappa shape index (κ2) is 5.55. The zero-order valence-corrected chi connectivity index (χ0v) is 11.8. The third kappa shape index (κ3) is 2.70. The molecule has 0 spiro atoms. The highest BCUT2D eigenvalue weighted by molar-refractivity contribution is 6.21. The van der Waals surface area contributed by atoms with Crippen LogP contribution < -0.4 is 0 Å². The van der Waals surface area contributed by atoms with Crippen LogP contribution in [0.4, 0.5) is 0 Å². The fraction of sp³-hybridized carbons (Fsp3) is 0.500. The van der Waals surface area contributed by atoms with Crippen molar-refractivity contribution >= 4 is 11.8 Å². The van der Waals surface area contributed by atoms with Crippen molar-refractivity contribution in [3.05, 3.63) is 35.4 Å². The monoisotopic (exact) mass is 259 g/mol. The molecule has 1 unspecified atom stereocenters. The molecule has 0 radical (unpaired) electrons. The van der Waals surface area contributed by atoms with Crippen LogP contribution in [0.2, 0.25) is 0 Å². The van der Waals surface area contributed by atoms with Gasteiger partial charge in [-0.05, 0) is 31.4 Å². The van der Waals surface area contributed by atoms with Crippen LogP contribution in [0.3, 0.4) is 0 Å². The summed E-state index contributed by atoms with van der Waals surface area (Å²) in [6.45, 7) is 6.33. The topological polar surface area (TPSA) is 37.4 Å². The van der Waals surface area contributed by atoms with Gasteiger partial charge in [0.2, 0.25) is 0 Å². The molecule has 1 aromatic carbocycles. The van der Waals surface area contributed by atoms with Gasteiger partial charge in [-0.3, -0.25) is 14.5 Å². The molecule has 1 heterocycles. The van der Waals surface area contributed by atoms with Gasteiger partial charge in [0.05, 0.1) is 11.1 Å². The van der Waals surface area contributed by atoms with E-state index in [1.54, 1.807) is 24.3 Å². The minimum atomic E-state index is -0.141. The molecule has 3 nitrogen and oxygen atoms in total. The van der Waals surface area contributed by atoms with Crippen LogP contribution in [0.5, 0.6) is 0 Å².